The number of hydrogen-bond acceptors (Lipinski definition) is 5. The summed E-state index contributed by atoms with van der Waals surface area (Å²) in [6.45, 7) is 2.74. The number of halogens is 2. The van der Waals surface area contributed by atoms with E-state index in [0.29, 0.717) is 29.8 Å². The minimum atomic E-state index is -0.928. The molecule has 1 N–H and O–H groups in total. The summed E-state index contributed by atoms with van der Waals surface area (Å²) >= 11 is 0. The molecular formula is C14H17F2N5. The lowest BCUT2D eigenvalue weighted by Gasteiger charge is -2.13. The van der Waals surface area contributed by atoms with Gasteiger partial charge in [-0.3, -0.25) is 0 Å². The molecule has 0 saturated heterocycles. The number of anilines is 2. The average Bonchev–Trinajstić information content (AvgIpc) is 2.47. The summed E-state index contributed by atoms with van der Waals surface area (Å²) in [6.07, 6.45) is 0.920. The van der Waals surface area contributed by atoms with Gasteiger partial charge in [-0.05, 0) is 24.6 Å². The Hall–Kier alpha value is -2.31. The predicted molar refractivity (Wildman–Crippen MR) is 78.3 cm³/mol. The molecule has 0 atom stereocenters. The maximum absolute atomic E-state index is 13.4. The molecule has 2 rings (SSSR count). The van der Waals surface area contributed by atoms with Crippen molar-refractivity contribution >= 4 is 11.9 Å². The average molecular weight is 293 g/mol. The van der Waals surface area contributed by atoms with E-state index >= 15 is 0 Å². The normalized spacial score (nSPS) is 10.5. The Balaban J connectivity index is 2.45. The fraction of sp³-hybridized carbons (Fsp3) is 0.357. The molecule has 5 nitrogen and oxygen atoms in total. The van der Waals surface area contributed by atoms with Gasteiger partial charge in [0.05, 0.1) is 0 Å². The number of hydrogen-bond donors (Lipinski definition) is 1. The molecule has 0 aliphatic rings. The first kappa shape index (κ1) is 15.1. The molecule has 1 heterocycles. The summed E-state index contributed by atoms with van der Waals surface area (Å²) in [7, 11) is 3.60. The lowest BCUT2D eigenvalue weighted by atomic mass is 10.2. The van der Waals surface area contributed by atoms with Crippen molar-refractivity contribution in [3.8, 4) is 11.4 Å². The molecule has 2 aromatic rings. The topological polar surface area (TPSA) is 53.9 Å². The number of benzene rings is 1. The van der Waals surface area contributed by atoms with Gasteiger partial charge in [-0.2, -0.15) is 15.0 Å². The van der Waals surface area contributed by atoms with E-state index in [1.807, 2.05) is 6.92 Å². The molecule has 0 aliphatic heterocycles. The molecule has 7 heteroatoms. The largest absolute Gasteiger partial charge is 0.354 e. The Morgan fingerprint density at radius 2 is 1.86 bits per heavy atom. The van der Waals surface area contributed by atoms with Gasteiger partial charge in [0.1, 0.15) is 0 Å². The van der Waals surface area contributed by atoms with Gasteiger partial charge in [-0.25, -0.2) is 8.78 Å². The van der Waals surface area contributed by atoms with Crippen LogP contribution >= 0.6 is 0 Å². The quantitative estimate of drug-likeness (QED) is 0.918. The van der Waals surface area contributed by atoms with E-state index in [1.165, 1.54) is 6.07 Å². The van der Waals surface area contributed by atoms with E-state index in [1.54, 1.807) is 19.0 Å². The van der Waals surface area contributed by atoms with Crippen molar-refractivity contribution < 1.29 is 8.78 Å². The van der Waals surface area contributed by atoms with Crippen molar-refractivity contribution in [3.63, 3.8) is 0 Å². The monoisotopic (exact) mass is 293 g/mol. The van der Waals surface area contributed by atoms with Gasteiger partial charge < -0.3 is 10.2 Å². The molecule has 0 fully saturated rings. The van der Waals surface area contributed by atoms with Crippen LogP contribution in [0.4, 0.5) is 20.7 Å². The summed E-state index contributed by atoms with van der Waals surface area (Å²) in [5.74, 6) is -0.669. The van der Waals surface area contributed by atoms with E-state index in [-0.39, 0.29) is 0 Å². The Bertz CT molecular complexity index is 631. The van der Waals surface area contributed by atoms with Crippen LogP contribution < -0.4 is 10.2 Å². The number of rotatable bonds is 5. The molecule has 0 amide bonds. The minimum Gasteiger partial charge on any atom is -0.354 e. The van der Waals surface area contributed by atoms with E-state index in [2.05, 4.69) is 20.3 Å². The Morgan fingerprint density at radius 1 is 1.10 bits per heavy atom. The highest BCUT2D eigenvalue weighted by Crippen LogP contribution is 2.21. The molecule has 0 radical (unpaired) electrons. The van der Waals surface area contributed by atoms with Gasteiger partial charge in [0.25, 0.3) is 0 Å². The van der Waals surface area contributed by atoms with Crippen molar-refractivity contribution in [3.05, 3.63) is 29.8 Å². The van der Waals surface area contributed by atoms with Gasteiger partial charge in [0.15, 0.2) is 17.5 Å². The Labute approximate surface area is 122 Å². The smallest absolute Gasteiger partial charge is 0.230 e. The van der Waals surface area contributed by atoms with Gasteiger partial charge in [0.2, 0.25) is 11.9 Å². The van der Waals surface area contributed by atoms with Gasteiger partial charge >= 0.3 is 0 Å². The number of nitrogens with zero attached hydrogens (tertiary/aromatic N) is 4. The van der Waals surface area contributed by atoms with E-state index in [0.717, 1.165) is 18.6 Å². The SMILES string of the molecule is CCCNc1nc(-c2ccc(F)c(F)c2)nc(N(C)C)n1. The zero-order chi connectivity index (χ0) is 15.4. The van der Waals surface area contributed by atoms with Crippen LogP contribution in [0.2, 0.25) is 0 Å². The molecule has 0 saturated carbocycles. The maximum Gasteiger partial charge on any atom is 0.230 e. The fourth-order valence-corrected chi connectivity index (χ4v) is 1.64. The molecule has 1 aromatic carbocycles. The predicted octanol–water partition coefficient (Wildman–Crippen LogP) is 2.70. The van der Waals surface area contributed by atoms with Gasteiger partial charge in [-0.15, -0.1) is 0 Å². The summed E-state index contributed by atoms with van der Waals surface area (Å²) in [4.78, 5) is 14.5. The van der Waals surface area contributed by atoms with Crippen molar-refractivity contribution in [2.45, 2.75) is 13.3 Å². The van der Waals surface area contributed by atoms with E-state index in [9.17, 15) is 8.78 Å². The van der Waals surface area contributed by atoms with E-state index in [4.69, 9.17) is 0 Å². The standard InChI is InChI=1S/C14H17F2N5/c1-4-7-17-13-18-12(19-14(20-13)21(2)3)9-5-6-10(15)11(16)8-9/h5-6,8H,4,7H2,1-3H3,(H,17,18,19,20). The second kappa shape index (κ2) is 6.43. The highest BCUT2D eigenvalue weighted by Gasteiger charge is 2.12. The van der Waals surface area contributed by atoms with Crippen molar-refractivity contribution in [1.29, 1.82) is 0 Å². The zero-order valence-electron chi connectivity index (χ0n) is 12.2. The lowest BCUT2D eigenvalue weighted by molar-refractivity contribution is 0.509. The number of nitrogens with one attached hydrogen (secondary N) is 1. The van der Waals surface area contributed by atoms with Crippen molar-refractivity contribution in [1.82, 2.24) is 15.0 Å². The van der Waals surface area contributed by atoms with Crippen molar-refractivity contribution in [2.24, 2.45) is 0 Å². The summed E-state index contributed by atoms with van der Waals surface area (Å²) in [5.41, 5.74) is 0.402. The lowest BCUT2D eigenvalue weighted by Crippen LogP contribution is -2.16. The first-order valence-electron chi connectivity index (χ1n) is 6.64. The highest BCUT2D eigenvalue weighted by atomic mass is 19.2. The summed E-state index contributed by atoms with van der Waals surface area (Å²) < 4.78 is 26.4. The highest BCUT2D eigenvalue weighted by molar-refractivity contribution is 5.58. The van der Waals surface area contributed by atoms with Crippen LogP contribution in [0.15, 0.2) is 18.2 Å². The minimum absolute atomic E-state index is 0.297. The second-order valence-electron chi connectivity index (χ2n) is 4.73. The van der Waals surface area contributed by atoms with Crippen LogP contribution in [0.5, 0.6) is 0 Å². The summed E-state index contributed by atoms with van der Waals surface area (Å²) in [5, 5.41) is 3.07. The van der Waals surface area contributed by atoms with Crippen LogP contribution in [-0.2, 0) is 0 Å². The van der Waals surface area contributed by atoms with Crippen LogP contribution in [0.1, 0.15) is 13.3 Å². The molecule has 0 unspecified atom stereocenters. The molecule has 0 spiro atoms. The Morgan fingerprint density at radius 3 is 2.48 bits per heavy atom. The number of aromatic nitrogens is 3. The third-order valence-corrected chi connectivity index (χ3v) is 2.73. The fourth-order valence-electron chi connectivity index (χ4n) is 1.64. The Kier molecular flexibility index (Phi) is 4.62. The van der Waals surface area contributed by atoms with Crippen LogP contribution in [0.25, 0.3) is 11.4 Å². The molecule has 1 aromatic heterocycles. The maximum atomic E-state index is 13.4. The summed E-state index contributed by atoms with van der Waals surface area (Å²) in [6, 6.07) is 3.58. The first-order chi connectivity index (χ1) is 10.0. The third kappa shape index (κ3) is 3.62. The van der Waals surface area contributed by atoms with Crippen molar-refractivity contribution in [2.75, 3.05) is 30.9 Å². The van der Waals surface area contributed by atoms with Crippen LogP contribution in [-0.4, -0.2) is 35.6 Å². The molecule has 112 valence electrons. The van der Waals surface area contributed by atoms with Gasteiger partial charge in [-0.1, -0.05) is 6.92 Å². The molecule has 0 aliphatic carbocycles. The second-order valence-corrected chi connectivity index (χ2v) is 4.73. The van der Waals surface area contributed by atoms with E-state index < -0.39 is 11.6 Å². The molecule has 0 bridgehead atoms. The molecular weight excluding hydrogens is 276 g/mol. The molecule has 21 heavy (non-hydrogen) atoms. The first-order valence-corrected chi connectivity index (χ1v) is 6.64. The zero-order valence-corrected chi connectivity index (χ0v) is 12.2. The van der Waals surface area contributed by atoms with Crippen LogP contribution in [0, 0.1) is 11.6 Å². The van der Waals surface area contributed by atoms with Crippen LogP contribution in [0.3, 0.4) is 0 Å². The third-order valence-electron chi connectivity index (χ3n) is 2.73. The van der Waals surface area contributed by atoms with Gasteiger partial charge in [0, 0.05) is 26.2 Å².